The molecule has 0 aliphatic carbocycles. The molecule has 0 spiro atoms. The van der Waals surface area contributed by atoms with Crippen LogP contribution in [0.4, 0.5) is 0 Å². The van der Waals surface area contributed by atoms with Crippen molar-refractivity contribution in [3.05, 3.63) is 70.3 Å². The number of carboxylic acids is 1. The second-order valence-electron chi connectivity index (χ2n) is 8.75. The number of rotatable bonds is 12. The standard InChI is InChI=1S/C27H32N2O7/c1-16-12-17(2)25(18(3)13-16)27(35)36-15-22(30)19(4)28-26(34)21(14-20-8-6-5-7-9-20)29-23(31)10-11-24(32)33/h5-9,12-13,19,21H,10-11,14-15H2,1-4H3,(H,28,34)(H,29,31)(H,32,33)/t19-,21+/m1/s1. The van der Waals surface area contributed by atoms with Crippen molar-refractivity contribution in [2.45, 2.75) is 59.0 Å². The third kappa shape index (κ3) is 8.65. The normalized spacial score (nSPS) is 12.2. The molecule has 3 N–H and O–H groups in total. The van der Waals surface area contributed by atoms with E-state index in [1.54, 1.807) is 38.1 Å². The average Bonchev–Trinajstić information content (AvgIpc) is 2.80. The zero-order valence-electron chi connectivity index (χ0n) is 20.9. The maximum absolute atomic E-state index is 12.9. The summed E-state index contributed by atoms with van der Waals surface area (Å²) in [5.41, 5.74) is 3.67. The van der Waals surface area contributed by atoms with E-state index in [9.17, 15) is 24.0 Å². The van der Waals surface area contributed by atoms with E-state index < -0.39 is 48.2 Å². The summed E-state index contributed by atoms with van der Waals surface area (Å²) < 4.78 is 5.20. The van der Waals surface area contributed by atoms with Gasteiger partial charge < -0.3 is 20.5 Å². The lowest BCUT2D eigenvalue weighted by atomic mass is 10.00. The molecular weight excluding hydrogens is 464 g/mol. The number of amides is 2. The van der Waals surface area contributed by atoms with Gasteiger partial charge in [0.1, 0.15) is 6.04 Å². The van der Waals surface area contributed by atoms with E-state index in [1.165, 1.54) is 6.92 Å². The molecule has 0 aliphatic heterocycles. The molecule has 2 atom stereocenters. The van der Waals surface area contributed by atoms with Crippen molar-refractivity contribution in [1.29, 1.82) is 0 Å². The predicted octanol–water partition coefficient (Wildman–Crippen LogP) is 2.43. The Morgan fingerprint density at radius 3 is 2.11 bits per heavy atom. The number of ether oxygens (including phenoxy) is 1. The van der Waals surface area contributed by atoms with Gasteiger partial charge in [0.05, 0.1) is 18.0 Å². The lowest BCUT2D eigenvalue weighted by Crippen LogP contribution is -2.52. The van der Waals surface area contributed by atoms with Crippen LogP contribution in [0.15, 0.2) is 42.5 Å². The number of hydrogen-bond acceptors (Lipinski definition) is 6. The maximum atomic E-state index is 12.9. The van der Waals surface area contributed by atoms with Crippen molar-refractivity contribution >= 4 is 29.5 Å². The molecule has 2 rings (SSSR count). The SMILES string of the molecule is Cc1cc(C)c(C(=O)OCC(=O)[C@@H](C)NC(=O)[C@H](Cc2ccccc2)NC(=O)CCC(=O)O)c(C)c1. The third-order valence-corrected chi connectivity index (χ3v) is 5.57. The first kappa shape index (κ1) is 28.2. The van der Waals surface area contributed by atoms with Gasteiger partial charge in [0.15, 0.2) is 12.4 Å². The first-order chi connectivity index (χ1) is 17.0. The molecule has 36 heavy (non-hydrogen) atoms. The lowest BCUT2D eigenvalue weighted by Gasteiger charge is -2.21. The van der Waals surface area contributed by atoms with Crippen LogP contribution in [-0.4, -0.2) is 53.3 Å². The zero-order chi connectivity index (χ0) is 26.8. The number of benzene rings is 2. The molecule has 2 amide bonds. The van der Waals surface area contributed by atoms with E-state index in [2.05, 4.69) is 10.6 Å². The van der Waals surface area contributed by atoms with Crippen molar-refractivity contribution in [3.8, 4) is 0 Å². The smallest absolute Gasteiger partial charge is 0.339 e. The van der Waals surface area contributed by atoms with Gasteiger partial charge in [-0.1, -0.05) is 48.0 Å². The van der Waals surface area contributed by atoms with Crippen LogP contribution < -0.4 is 10.6 Å². The van der Waals surface area contributed by atoms with Crippen LogP contribution in [0.1, 0.15) is 52.4 Å². The Balaban J connectivity index is 2.01. The average molecular weight is 497 g/mol. The van der Waals surface area contributed by atoms with Gasteiger partial charge in [-0.2, -0.15) is 0 Å². The second kappa shape index (κ2) is 13.2. The molecule has 0 unspecified atom stereocenters. The number of carboxylic acid groups (broad SMARTS) is 1. The Labute approximate surface area is 210 Å². The minimum absolute atomic E-state index is 0.146. The predicted molar refractivity (Wildman–Crippen MR) is 132 cm³/mol. The fraction of sp³-hybridized carbons (Fsp3) is 0.370. The van der Waals surface area contributed by atoms with Crippen LogP contribution in [0.5, 0.6) is 0 Å². The van der Waals surface area contributed by atoms with Gasteiger partial charge in [-0.15, -0.1) is 0 Å². The zero-order valence-corrected chi connectivity index (χ0v) is 20.9. The summed E-state index contributed by atoms with van der Waals surface area (Å²) in [4.78, 5) is 61.0. The van der Waals surface area contributed by atoms with E-state index in [0.29, 0.717) is 5.56 Å². The van der Waals surface area contributed by atoms with E-state index in [0.717, 1.165) is 22.3 Å². The van der Waals surface area contributed by atoms with E-state index >= 15 is 0 Å². The highest BCUT2D eigenvalue weighted by atomic mass is 16.5. The molecule has 9 nitrogen and oxygen atoms in total. The summed E-state index contributed by atoms with van der Waals surface area (Å²) in [6.07, 6.45) is -0.505. The number of aryl methyl sites for hydroxylation is 3. The highest BCUT2D eigenvalue weighted by Crippen LogP contribution is 2.17. The van der Waals surface area contributed by atoms with Gasteiger partial charge in [0, 0.05) is 12.8 Å². The fourth-order valence-corrected chi connectivity index (χ4v) is 3.78. The first-order valence-electron chi connectivity index (χ1n) is 11.6. The summed E-state index contributed by atoms with van der Waals surface area (Å²) in [6, 6.07) is 10.6. The molecule has 192 valence electrons. The van der Waals surface area contributed by atoms with E-state index in [4.69, 9.17) is 9.84 Å². The summed E-state index contributed by atoms with van der Waals surface area (Å²) in [6.45, 7) is 6.43. The number of ketones is 1. The van der Waals surface area contributed by atoms with Crippen LogP contribution in [0.2, 0.25) is 0 Å². The molecular formula is C27H32N2O7. The van der Waals surface area contributed by atoms with Gasteiger partial charge in [-0.3, -0.25) is 19.2 Å². The quantitative estimate of drug-likeness (QED) is 0.384. The number of aliphatic carboxylic acids is 1. The molecule has 0 saturated heterocycles. The molecule has 0 aromatic heterocycles. The molecule has 0 fully saturated rings. The van der Waals surface area contributed by atoms with Crippen LogP contribution in [-0.2, 0) is 30.3 Å². The van der Waals surface area contributed by atoms with Crippen LogP contribution in [0, 0.1) is 20.8 Å². The molecule has 0 radical (unpaired) electrons. The highest BCUT2D eigenvalue weighted by molar-refractivity contribution is 5.97. The van der Waals surface area contributed by atoms with Crippen molar-refractivity contribution in [1.82, 2.24) is 10.6 Å². The minimum Gasteiger partial charge on any atom is -0.481 e. The number of hydrogen-bond donors (Lipinski definition) is 3. The summed E-state index contributed by atoms with van der Waals surface area (Å²) >= 11 is 0. The van der Waals surface area contributed by atoms with Gasteiger partial charge >= 0.3 is 11.9 Å². The summed E-state index contributed by atoms with van der Waals surface area (Å²) in [5, 5.41) is 13.9. The second-order valence-corrected chi connectivity index (χ2v) is 8.75. The van der Waals surface area contributed by atoms with Gasteiger partial charge in [-0.05, 0) is 44.4 Å². The largest absolute Gasteiger partial charge is 0.481 e. The van der Waals surface area contributed by atoms with E-state index in [-0.39, 0.29) is 19.3 Å². The molecule has 0 saturated carbocycles. The molecule has 9 heteroatoms. The van der Waals surface area contributed by atoms with Crippen LogP contribution >= 0.6 is 0 Å². The Hall–Kier alpha value is -4.01. The van der Waals surface area contributed by atoms with E-state index in [1.807, 2.05) is 25.1 Å². The molecule has 0 aliphatic rings. The van der Waals surface area contributed by atoms with Crippen LogP contribution in [0.25, 0.3) is 0 Å². The minimum atomic E-state index is -1.13. The Bertz CT molecular complexity index is 1110. The number of carbonyl (C=O) groups excluding carboxylic acids is 4. The Morgan fingerprint density at radius 2 is 1.53 bits per heavy atom. The van der Waals surface area contributed by atoms with Gasteiger partial charge in [-0.25, -0.2) is 4.79 Å². The molecule has 2 aromatic carbocycles. The summed E-state index contributed by atoms with van der Waals surface area (Å²) in [7, 11) is 0. The number of Topliss-reactive ketones (excluding diaryl/α,β-unsaturated/α-hetero) is 1. The number of esters is 1. The van der Waals surface area contributed by atoms with Crippen molar-refractivity contribution in [2.24, 2.45) is 0 Å². The van der Waals surface area contributed by atoms with Crippen molar-refractivity contribution in [3.63, 3.8) is 0 Å². The monoisotopic (exact) mass is 496 g/mol. The lowest BCUT2D eigenvalue weighted by molar-refractivity contribution is -0.139. The summed E-state index contributed by atoms with van der Waals surface area (Å²) in [5.74, 6) is -3.47. The molecule has 0 bridgehead atoms. The number of carbonyl (C=O) groups is 5. The van der Waals surface area contributed by atoms with Gasteiger partial charge in [0.25, 0.3) is 0 Å². The topological polar surface area (TPSA) is 139 Å². The first-order valence-corrected chi connectivity index (χ1v) is 11.6. The van der Waals surface area contributed by atoms with Crippen molar-refractivity contribution in [2.75, 3.05) is 6.61 Å². The highest BCUT2D eigenvalue weighted by Gasteiger charge is 2.26. The third-order valence-electron chi connectivity index (χ3n) is 5.57. The van der Waals surface area contributed by atoms with Crippen LogP contribution in [0.3, 0.4) is 0 Å². The molecule has 2 aromatic rings. The Kier molecular flexibility index (Phi) is 10.3. The van der Waals surface area contributed by atoms with Crippen molar-refractivity contribution < 1.29 is 33.8 Å². The van der Waals surface area contributed by atoms with Gasteiger partial charge in [0.2, 0.25) is 11.8 Å². The Morgan fingerprint density at radius 1 is 0.917 bits per heavy atom. The maximum Gasteiger partial charge on any atom is 0.339 e. The number of nitrogens with one attached hydrogen (secondary N) is 2. The fourth-order valence-electron chi connectivity index (χ4n) is 3.78. The molecule has 0 heterocycles.